The molecule has 206 valence electrons. The molecule has 2 aromatic heterocycles. The van der Waals surface area contributed by atoms with E-state index in [0.717, 1.165) is 28.1 Å². The summed E-state index contributed by atoms with van der Waals surface area (Å²) in [7, 11) is 0. The summed E-state index contributed by atoms with van der Waals surface area (Å²) >= 11 is 1.80. The number of hydrogen-bond acceptors (Lipinski definition) is 2. The summed E-state index contributed by atoms with van der Waals surface area (Å²) in [6.07, 6.45) is 0. The van der Waals surface area contributed by atoms with Crippen LogP contribution in [-0.4, -0.2) is 9.55 Å². The van der Waals surface area contributed by atoms with E-state index in [9.17, 15) is 0 Å². The summed E-state index contributed by atoms with van der Waals surface area (Å²) < 4.78 is 3.67. The van der Waals surface area contributed by atoms with E-state index >= 15 is 0 Å². The van der Waals surface area contributed by atoms with Crippen LogP contribution in [0.2, 0.25) is 0 Å². The molecule has 0 unspecified atom stereocenters. The minimum Gasteiger partial charge on any atom is -0.291 e. The molecule has 0 saturated heterocycles. The summed E-state index contributed by atoms with van der Waals surface area (Å²) in [6.45, 7) is 4.51. The van der Waals surface area contributed by atoms with E-state index < -0.39 is 0 Å². The molecule has 0 radical (unpaired) electrons. The van der Waals surface area contributed by atoms with Crippen molar-refractivity contribution in [3.8, 4) is 39.3 Å². The van der Waals surface area contributed by atoms with Crippen molar-refractivity contribution in [3.05, 3.63) is 144 Å². The Balaban J connectivity index is 1.47. The van der Waals surface area contributed by atoms with Gasteiger partial charge < -0.3 is 0 Å². The first-order valence-electron chi connectivity index (χ1n) is 14.8. The number of aromatic nitrogens is 2. The van der Waals surface area contributed by atoms with Crippen LogP contribution in [0.25, 0.3) is 71.2 Å². The lowest BCUT2D eigenvalue weighted by Gasteiger charge is -2.19. The van der Waals surface area contributed by atoms with Crippen LogP contribution in [0.1, 0.15) is 25.3 Å². The molecule has 0 amide bonds. The highest BCUT2D eigenvalue weighted by Crippen LogP contribution is 2.43. The molecule has 2 heterocycles. The van der Waals surface area contributed by atoms with Crippen LogP contribution in [0.15, 0.2) is 139 Å². The van der Waals surface area contributed by atoms with Gasteiger partial charge in [-0.15, -0.1) is 11.3 Å². The molecule has 0 saturated carbocycles. The van der Waals surface area contributed by atoms with Gasteiger partial charge >= 0.3 is 0 Å². The van der Waals surface area contributed by atoms with Gasteiger partial charge in [-0.2, -0.15) is 0 Å². The third kappa shape index (κ3) is 4.36. The van der Waals surface area contributed by atoms with Crippen LogP contribution >= 0.6 is 11.3 Å². The number of thiophene rings is 1. The van der Waals surface area contributed by atoms with Gasteiger partial charge in [-0.05, 0) is 57.6 Å². The van der Waals surface area contributed by atoms with Crippen molar-refractivity contribution in [2.24, 2.45) is 0 Å². The molecule has 2 nitrogen and oxygen atoms in total. The Bertz CT molecular complexity index is 2200. The molecule has 0 N–H and O–H groups in total. The number of rotatable bonds is 5. The van der Waals surface area contributed by atoms with Gasteiger partial charge in [0.2, 0.25) is 0 Å². The average molecular weight is 571 g/mol. The van der Waals surface area contributed by atoms with Gasteiger partial charge in [-0.25, -0.2) is 4.98 Å². The lowest BCUT2D eigenvalue weighted by molar-refractivity contribution is 0.869. The van der Waals surface area contributed by atoms with Crippen molar-refractivity contribution in [2.45, 2.75) is 19.8 Å². The molecule has 6 aromatic carbocycles. The maximum Gasteiger partial charge on any atom is 0.147 e. The van der Waals surface area contributed by atoms with Crippen LogP contribution in [0, 0.1) is 0 Å². The second-order valence-electron chi connectivity index (χ2n) is 11.5. The fourth-order valence-electron chi connectivity index (χ4n) is 6.24. The Morgan fingerprint density at radius 2 is 1.28 bits per heavy atom. The predicted molar refractivity (Wildman–Crippen MR) is 184 cm³/mol. The van der Waals surface area contributed by atoms with Crippen LogP contribution in [0.3, 0.4) is 0 Å². The topological polar surface area (TPSA) is 17.8 Å². The molecule has 0 aliphatic heterocycles. The zero-order valence-corrected chi connectivity index (χ0v) is 25.0. The van der Waals surface area contributed by atoms with Gasteiger partial charge in [0.1, 0.15) is 5.82 Å². The molecule has 0 atom stereocenters. The molecular weight excluding hydrogens is 541 g/mol. The lowest BCUT2D eigenvalue weighted by atomic mass is 9.95. The molecule has 0 bridgehead atoms. The average Bonchev–Trinajstić information content (AvgIpc) is 3.64. The second kappa shape index (κ2) is 10.4. The van der Waals surface area contributed by atoms with E-state index in [1.165, 1.54) is 48.7 Å². The quantitative estimate of drug-likeness (QED) is 0.201. The molecule has 0 aliphatic rings. The van der Waals surface area contributed by atoms with Gasteiger partial charge in [0.15, 0.2) is 0 Å². The first-order chi connectivity index (χ1) is 21.2. The van der Waals surface area contributed by atoms with E-state index in [4.69, 9.17) is 4.98 Å². The Kier molecular flexibility index (Phi) is 6.20. The maximum absolute atomic E-state index is 5.35. The molecule has 0 spiro atoms. The normalized spacial score (nSPS) is 11.7. The Labute approximate surface area is 255 Å². The third-order valence-electron chi connectivity index (χ3n) is 8.45. The summed E-state index contributed by atoms with van der Waals surface area (Å²) in [5, 5.41) is 6.08. The minimum atomic E-state index is 0.483. The Hall–Kier alpha value is -4.99. The first kappa shape index (κ1) is 25.7. The lowest BCUT2D eigenvalue weighted by Crippen LogP contribution is -2.03. The van der Waals surface area contributed by atoms with Crippen LogP contribution < -0.4 is 0 Å². The summed E-state index contributed by atoms with van der Waals surface area (Å²) in [5.41, 5.74) is 10.5. The SMILES string of the molecule is CC(C)c1ccc2cc3scc(-c4nc5ccccc5n4-c4c(-c5ccccc5)cccc4-c4ccccc4)c3cc2c1. The molecule has 0 aliphatic carbocycles. The van der Waals surface area contributed by atoms with Crippen molar-refractivity contribution in [2.75, 3.05) is 0 Å². The van der Waals surface area contributed by atoms with E-state index in [1.54, 1.807) is 11.3 Å². The summed E-state index contributed by atoms with van der Waals surface area (Å²) in [5.74, 6) is 1.45. The van der Waals surface area contributed by atoms with Gasteiger partial charge in [0.25, 0.3) is 0 Å². The largest absolute Gasteiger partial charge is 0.291 e. The van der Waals surface area contributed by atoms with Gasteiger partial charge in [0, 0.05) is 32.2 Å². The van der Waals surface area contributed by atoms with E-state index in [1.807, 2.05) is 0 Å². The number of imidazole rings is 1. The van der Waals surface area contributed by atoms with E-state index in [2.05, 4.69) is 157 Å². The van der Waals surface area contributed by atoms with Gasteiger partial charge in [-0.3, -0.25) is 4.57 Å². The van der Waals surface area contributed by atoms with Crippen molar-refractivity contribution < 1.29 is 0 Å². The Morgan fingerprint density at radius 1 is 0.605 bits per heavy atom. The highest BCUT2D eigenvalue weighted by atomic mass is 32.1. The van der Waals surface area contributed by atoms with Crippen molar-refractivity contribution in [1.82, 2.24) is 9.55 Å². The van der Waals surface area contributed by atoms with Crippen LogP contribution in [0.5, 0.6) is 0 Å². The van der Waals surface area contributed by atoms with Crippen LogP contribution in [-0.2, 0) is 0 Å². The molecule has 3 heteroatoms. The minimum absolute atomic E-state index is 0.483. The molecule has 8 aromatic rings. The van der Waals surface area contributed by atoms with Gasteiger partial charge in [-0.1, -0.05) is 123 Å². The number of benzene rings is 6. The third-order valence-corrected chi connectivity index (χ3v) is 9.40. The van der Waals surface area contributed by atoms with E-state index in [0.29, 0.717) is 5.92 Å². The maximum atomic E-state index is 5.35. The number of para-hydroxylation sites is 3. The highest BCUT2D eigenvalue weighted by Gasteiger charge is 2.23. The van der Waals surface area contributed by atoms with E-state index in [-0.39, 0.29) is 0 Å². The van der Waals surface area contributed by atoms with Gasteiger partial charge in [0.05, 0.1) is 16.7 Å². The smallest absolute Gasteiger partial charge is 0.147 e. The fraction of sp³-hybridized carbons (Fsp3) is 0.0750. The number of nitrogens with zero attached hydrogens (tertiary/aromatic N) is 2. The van der Waals surface area contributed by atoms with Crippen LogP contribution in [0.4, 0.5) is 0 Å². The van der Waals surface area contributed by atoms with Crippen molar-refractivity contribution in [1.29, 1.82) is 0 Å². The highest BCUT2D eigenvalue weighted by molar-refractivity contribution is 7.17. The van der Waals surface area contributed by atoms with Crippen molar-refractivity contribution in [3.63, 3.8) is 0 Å². The second-order valence-corrected chi connectivity index (χ2v) is 12.4. The molecule has 43 heavy (non-hydrogen) atoms. The van der Waals surface area contributed by atoms with Crippen molar-refractivity contribution >= 4 is 43.2 Å². The summed E-state index contributed by atoms with van der Waals surface area (Å²) in [4.78, 5) is 5.35. The molecular formula is C40H30N2S. The monoisotopic (exact) mass is 570 g/mol. The Morgan fingerprint density at radius 3 is 1.98 bits per heavy atom. The fourth-order valence-corrected chi connectivity index (χ4v) is 7.21. The zero-order chi connectivity index (χ0) is 28.9. The summed E-state index contributed by atoms with van der Waals surface area (Å²) in [6, 6.07) is 48.2. The molecule has 0 fully saturated rings. The predicted octanol–water partition coefficient (Wildman–Crippen LogP) is 11.5. The molecule has 8 rings (SSSR count). The first-order valence-corrected chi connectivity index (χ1v) is 15.7. The number of hydrogen-bond donors (Lipinski definition) is 0. The zero-order valence-electron chi connectivity index (χ0n) is 24.2. The standard InChI is InChI=1S/C40H30N2S/c1-26(2)29-20-21-30-24-38-34(23-31(30)22-29)35(25-43-38)40-41-36-18-9-10-19-37(36)42(40)39-32(27-12-5-3-6-13-27)16-11-17-33(39)28-14-7-4-8-15-28/h3-26H,1-2H3. The number of fused-ring (bicyclic) bond motifs is 3.